The molecule has 352 valence electrons. The van der Waals surface area contributed by atoms with Crippen LogP contribution in [0.3, 0.4) is 0 Å². The number of aryl methyl sites for hydroxylation is 4. The molecule has 2 aliphatic rings. The van der Waals surface area contributed by atoms with E-state index in [0.717, 1.165) is 113 Å². The van der Waals surface area contributed by atoms with Gasteiger partial charge >= 0.3 is 0 Å². The maximum atomic E-state index is 9.74. The van der Waals surface area contributed by atoms with Gasteiger partial charge in [0.1, 0.15) is 12.1 Å². The number of hydrogen-bond donors (Lipinski definition) is 2. The van der Waals surface area contributed by atoms with Crippen molar-refractivity contribution in [1.82, 2.24) is 24.7 Å². The number of likely N-dealkylation sites (N-methyl/N-ethyl adjacent to an activating group) is 1. The number of piperazine rings is 1. The summed E-state index contributed by atoms with van der Waals surface area (Å²) < 4.78 is 0. The maximum Gasteiger partial charge on any atom is 0.103 e. The number of likely N-dealkylation sites (tertiary alicyclic amines) is 1. The van der Waals surface area contributed by atoms with E-state index in [1.165, 1.54) is 65.7 Å². The Kier molecular flexibility index (Phi) is 14.9. The maximum absolute atomic E-state index is 9.74. The average molecular weight is 922 g/mol. The van der Waals surface area contributed by atoms with Crippen LogP contribution in [-0.4, -0.2) is 70.5 Å². The summed E-state index contributed by atoms with van der Waals surface area (Å²) in [7, 11) is 0. The number of rotatable bonds is 11. The molecule has 0 atom stereocenters. The van der Waals surface area contributed by atoms with Gasteiger partial charge < -0.3 is 15.5 Å². The number of anilines is 4. The first-order chi connectivity index (χ1) is 34.1. The van der Waals surface area contributed by atoms with Crippen molar-refractivity contribution < 1.29 is 0 Å². The van der Waals surface area contributed by atoms with Crippen molar-refractivity contribution >= 4 is 44.6 Å². The number of nitrogens with zero attached hydrogens (tertiary/aromatic N) is 7. The fraction of sp³-hybridized carbons (Fsp3) is 0.279. The Morgan fingerprint density at radius 3 is 1.30 bits per heavy atom. The highest BCUT2D eigenvalue weighted by molar-refractivity contribution is 5.99. The number of nitriles is 2. The van der Waals surface area contributed by atoms with Gasteiger partial charge in [-0.3, -0.25) is 19.8 Å². The predicted molar refractivity (Wildman–Crippen MR) is 289 cm³/mol. The summed E-state index contributed by atoms with van der Waals surface area (Å²) in [6.07, 6.45) is 7.33. The minimum Gasteiger partial charge on any atom is -0.354 e. The van der Waals surface area contributed by atoms with E-state index in [2.05, 4.69) is 203 Å². The molecule has 10 rings (SSSR count). The fourth-order valence-electron chi connectivity index (χ4n) is 9.86. The van der Waals surface area contributed by atoms with Gasteiger partial charge in [-0.1, -0.05) is 122 Å². The number of hydrogen-bond acceptors (Lipinski definition) is 9. The Bertz CT molecular complexity index is 3200. The second-order valence-electron chi connectivity index (χ2n) is 19.1. The molecule has 4 heterocycles. The Morgan fingerprint density at radius 1 is 0.471 bits per heavy atom. The molecule has 8 aromatic rings. The lowest BCUT2D eigenvalue weighted by molar-refractivity contribution is 0.132. The Morgan fingerprint density at radius 2 is 0.886 bits per heavy atom. The van der Waals surface area contributed by atoms with Gasteiger partial charge in [0.15, 0.2) is 0 Å². The molecular formula is C61H63N9. The van der Waals surface area contributed by atoms with Gasteiger partial charge in [0.05, 0.1) is 33.5 Å². The van der Waals surface area contributed by atoms with Crippen LogP contribution in [0, 0.1) is 50.4 Å². The summed E-state index contributed by atoms with van der Waals surface area (Å²) in [4.78, 5) is 16.8. The molecule has 0 unspecified atom stereocenters. The summed E-state index contributed by atoms with van der Waals surface area (Å²) >= 11 is 0. The summed E-state index contributed by atoms with van der Waals surface area (Å²) in [5.74, 6) is 0. The van der Waals surface area contributed by atoms with Gasteiger partial charge in [0, 0.05) is 73.8 Å². The zero-order valence-electron chi connectivity index (χ0n) is 41.3. The predicted octanol–water partition coefficient (Wildman–Crippen LogP) is 13.4. The van der Waals surface area contributed by atoms with E-state index in [9.17, 15) is 10.5 Å². The van der Waals surface area contributed by atoms with Crippen molar-refractivity contribution in [3.05, 3.63) is 178 Å². The molecule has 2 saturated heterocycles. The summed E-state index contributed by atoms with van der Waals surface area (Å²) in [5, 5.41) is 28.3. The van der Waals surface area contributed by atoms with E-state index in [0.29, 0.717) is 11.1 Å². The van der Waals surface area contributed by atoms with Gasteiger partial charge in [-0.2, -0.15) is 10.5 Å². The standard InChI is InChI=1S/C31H33N5.C30H30N4/c1-4-35-13-15-36(16-14-35)21-24-6-8-25(9-7-24)26-10-11-28-30(18-26)33-20-27(19-32)31(28)34-29-12-5-22(2)17-23(29)3;1-21-6-13-28(22(2)16-21)33-30-26(18-31)19-32-29-17-25(11-12-27(29)30)24-9-7-23(8-10-24)20-34-14-4-3-5-15-34/h5-12,17-18,20H,4,13-16,21H2,1-3H3,(H,33,34);6-13,16-17,19H,3-5,14-15,20H2,1-2H3,(H,32,33). The summed E-state index contributed by atoms with van der Waals surface area (Å²) in [6, 6.07) is 47.6. The number of nitrogens with one attached hydrogen (secondary N) is 2. The van der Waals surface area contributed by atoms with Gasteiger partial charge in [-0.25, -0.2) is 0 Å². The number of benzene rings is 6. The SMILES string of the molecule is CCN1CCN(Cc2ccc(-c3ccc4c(Nc5ccc(C)cc5C)c(C#N)cnc4c3)cc2)CC1.Cc1ccc(Nc2c(C#N)cnc3cc(-c4ccc(CN5CCCCC5)cc4)ccc23)c(C)c1. The number of aromatic nitrogens is 2. The second kappa shape index (κ2) is 21.9. The van der Waals surface area contributed by atoms with Gasteiger partial charge in [-0.05, 0) is 129 Å². The Labute approximate surface area is 414 Å². The van der Waals surface area contributed by atoms with Crippen LogP contribution >= 0.6 is 0 Å². The first-order valence-electron chi connectivity index (χ1n) is 24.8. The van der Waals surface area contributed by atoms with E-state index < -0.39 is 0 Å². The molecule has 0 amide bonds. The monoisotopic (exact) mass is 922 g/mol. The van der Waals surface area contributed by atoms with Crippen molar-refractivity contribution in [2.24, 2.45) is 0 Å². The number of fused-ring (bicyclic) bond motifs is 2. The van der Waals surface area contributed by atoms with E-state index >= 15 is 0 Å². The number of piperidine rings is 1. The molecule has 6 aromatic carbocycles. The van der Waals surface area contributed by atoms with E-state index in [4.69, 9.17) is 0 Å². The van der Waals surface area contributed by atoms with Crippen LogP contribution in [0.4, 0.5) is 22.7 Å². The third kappa shape index (κ3) is 11.2. The van der Waals surface area contributed by atoms with Gasteiger partial charge in [0.2, 0.25) is 0 Å². The highest BCUT2D eigenvalue weighted by atomic mass is 15.3. The van der Waals surface area contributed by atoms with Crippen molar-refractivity contribution in [3.63, 3.8) is 0 Å². The van der Waals surface area contributed by atoms with E-state index in [-0.39, 0.29) is 0 Å². The highest BCUT2D eigenvalue weighted by Gasteiger charge is 2.17. The quantitative estimate of drug-likeness (QED) is 0.131. The van der Waals surface area contributed by atoms with Crippen LogP contribution in [0.15, 0.2) is 134 Å². The van der Waals surface area contributed by atoms with Crippen LogP contribution < -0.4 is 10.6 Å². The van der Waals surface area contributed by atoms with Crippen molar-refractivity contribution in [1.29, 1.82) is 10.5 Å². The lowest BCUT2D eigenvalue weighted by Crippen LogP contribution is -2.45. The molecule has 70 heavy (non-hydrogen) atoms. The van der Waals surface area contributed by atoms with Crippen molar-refractivity contribution in [2.75, 3.05) is 56.4 Å². The van der Waals surface area contributed by atoms with Crippen LogP contribution in [-0.2, 0) is 13.1 Å². The minimum atomic E-state index is 0.541. The first kappa shape index (κ1) is 47.7. The van der Waals surface area contributed by atoms with Crippen molar-refractivity contribution in [2.45, 2.75) is 67.0 Å². The highest BCUT2D eigenvalue weighted by Crippen LogP contribution is 2.35. The molecule has 2 aromatic heterocycles. The first-order valence-corrected chi connectivity index (χ1v) is 24.8. The summed E-state index contributed by atoms with van der Waals surface area (Å²) in [5.41, 5.74) is 18.5. The molecule has 0 aliphatic carbocycles. The normalized spacial score (nSPS) is 14.4. The third-order valence-electron chi connectivity index (χ3n) is 14.0. The zero-order chi connectivity index (χ0) is 48.6. The Hall–Kier alpha value is -7.40. The molecule has 9 heteroatoms. The molecule has 2 aliphatic heterocycles. The molecule has 9 nitrogen and oxygen atoms in total. The van der Waals surface area contributed by atoms with Gasteiger partial charge in [-0.15, -0.1) is 0 Å². The minimum absolute atomic E-state index is 0.541. The molecule has 0 saturated carbocycles. The van der Waals surface area contributed by atoms with E-state index in [1.807, 2.05) is 0 Å². The van der Waals surface area contributed by atoms with Crippen LogP contribution in [0.25, 0.3) is 44.1 Å². The second-order valence-corrected chi connectivity index (χ2v) is 19.1. The zero-order valence-corrected chi connectivity index (χ0v) is 41.3. The van der Waals surface area contributed by atoms with Crippen LogP contribution in [0.5, 0.6) is 0 Å². The van der Waals surface area contributed by atoms with Crippen molar-refractivity contribution in [3.8, 4) is 34.4 Å². The molecule has 0 bridgehead atoms. The lowest BCUT2D eigenvalue weighted by Gasteiger charge is -2.34. The molecular weight excluding hydrogens is 859 g/mol. The van der Waals surface area contributed by atoms with Crippen LogP contribution in [0.1, 0.15) is 70.7 Å². The molecule has 2 N–H and O–H groups in total. The number of pyridine rings is 2. The van der Waals surface area contributed by atoms with E-state index in [1.54, 1.807) is 12.4 Å². The Balaban J connectivity index is 0.000000174. The van der Waals surface area contributed by atoms with Crippen LogP contribution in [0.2, 0.25) is 0 Å². The molecule has 0 radical (unpaired) electrons. The smallest absolute Gasteiger partial charge is 0.103 e. The topological polar surface area (TPSA) is 107 Å². The van der Waals surface area contributed by atoms with Gasteiger partial charge in [0.25, 0.3) is 0 Å². The third-order valence-corrected chi connectivity index (χ3v) is 14.0. The molecule has 2 fully saturated rings. The largest absolute Gasteiger partial charge is 0.354 e. The average Bonchev–Trinajstić information content (AvgIpc) is 3.39. The molecule has 0 spiro atoms. The lowest BCUT2D eigenvalue weighted by atomic mass is 10.00. The fourth-order valence-corrected chi connectivity index (χ4v) is 9.86. The summed E-state index contributed by atoms with van der Waals surface area (Å²) in [6.45, 7) is 20.8.